The number of rotatable bonds is 3. The number of aromatic nitrogens is 1. The Balaban J connectivity index is 2.25. The minimum absolute atomic E-state index is 0.100. The molecule has 1 aromatic rings. The van der Waals surface area contributed by atoms with Crippen molar-refractivity contribution in [3.8, 4) is 0 Å². The van der Waals surface area contributed by atoms with Gasteiger partial charge in [-0.05, 0) is 13.5 Å². The van der Waals surface area contributed by atoms with E-state index in [1.807, 2.05) is 18.4 Å². The molecule has 0 aliphatic carbocycles. The molecule has 0 atom stereocenters. The van der Waals surface area contributed by atoms with Crippen LogP contribution in [0.5, 0.6) is 0 Å². The fourth-order valence-electron chi connectivity index (χ4n) is 2.28. The quantitative estimate of drug-likeness (QED) is 0.924. The zero-order chi connectivity index (χ0) is 13.9. The predicted molar refractivity (Wildman–Crippen MR) is 81.2 cm³/mol. The van der Waals surface area contributed by atoms with Gasteiger partial charge in [0.15, 0.2) is 5.13 Å². The third-order valence-corrected chi connectivity index (χ3v) is 4.34. The largest absolute Gasteiger partial charge is 0.380 e. The molecule has 1 fully saturated rings. The number of thiazole rings is 1. The molecule has 108 valence electrons. The molecule has 0 aromatic carbocycles. The van der Waals surface area contributed by atoms with E-state index in [2.05, 4.69) is 31.0 Å². The van der Waals surface area contributed by atoms with E-state index in [4.69, 9.17) is 9.72 Å². The Morgan fingerprint density at radius 3 is 2.79 bits per heavy atom. The van der Waals surface area contributed by atoms with Crippen molar-refractivity contribution in [2.45, 2.75) is 39.2 Å². The van der Waals surface area contributed by atoms with Gasteiger partial charge in [0.05, 0.1) is 12.3 Å². The Morgan fingerprint density at radius 1 is 1.32 bits per heavy atom. The molecular weight excluding hydrogens is 258 g/mol. The molecule has 1 aliphatic heterocycles. The molecule has 1 N–H and O–H groups in total. The van der Waals surface area contributed by atoms with Crippen molar-refractivity contribution < 1.29 is 4.74 Å². The van der Waals surface area contributed by atoms with Crippen LogP contribution in [0.3, 0.4) is 0 Å². The fourth-order valence-corrected chi connectivity index (χ4v) is 3.61. The minimum atomic E-state index is 0.100. The molecule has 0 saturated carbocycles. The van der Waals surface area contributed by atoms with Crippen molar-refractivity contribution in [1.82, 2.24) is 10.3 Å². The van der Waals surface area contributed by atoms with Gasteiger partial charge in [-0.25, -0.2) is 4.98 Å². The summed E-state index contributed by atoms with van der Waals surface area (Å²) in [6, 6.07) is 0. The zero-order valence-corrected chi connectivity index (χ0v) is 13.3. The summed E-state index contributed by atoms with van der Waals surface area (Å²) in [5.74, 6) is 0. The molecular formula is C14H25N3OS. The van der Waals surface area contributed by atoms with Crippen LogP contribution in [-0.4, -0.2) is 38.3 Å². The molecule has 4 nitrogen and oxygen atoms in total. The van der Waals surface area contributed by atoms with E-state index in [1.165, 1.54) is 10.6 Å². The maximum absolute atomic E-state index is 5.52. The molecule has 2 rings (SSSR count). The average Bonchev–Trinajstić information content (AvgIpc) is 2.59. The number of hydrogen-bond donors (Lipinski definition) is 1. The van der Waals surface area contributed by atoms with Gasteiger partial charge in [0.2, 0.25) is 0 Å². The third kappa shape index (κ3) is 3.68. The Hall–Kier alpha value is -0.650. The molecule has 1 saturated heterocycles. The molecule has 0 radical (unpaired) electrons. The first kappa shape index (κ1) is 14.8. The Kier molecular flexibility index (Phi) is 4.81. The fraction of sp³-hybridized carbons (Fsp3) is 0.786. The van der Waals surface area contributed by atoms with Crippen LogP contribution < -0.4 is 10.2 Å². The van der Waals surface area contributed by atoms with E-state index in [0.717, 1.165) is 44.4 Å². The number of anilines is 1. The highest BCUT2D eigenvalue weighted by molar-refractivity contribution is 7.15. The highest BCUT2D eigenvalue weighted by Crippen LogP contribution is 2.34. The predicted octanol–water partition coefficient (Wildman–Crippen LogP) is 2.39. The molecule has 1 aromatic heterocycles. The number of nitrogens with one attached hydrogen (secondary N) is 1. The first-order valence-electron chi connectivity index (χ1n) is 7.00. The van der Waals surface area contributed by atoms with Crippen LogP contribution in [0.1, 0.15) is 37.8 Å². The van der Waals surface area contributed by atoms with Crippen molar-refractivity contribution in [2.75, 3.05) is 38.3 Å². The molecule has 0 amide bonds. The van der Waals surface area contributed by atoms with Crippen molar-refractivity contribution in [3.63, 3.8) is 0 Å². The summed E-state index contributed by atoms with van der Waals surface area (Å²) >= 11 is 1.82. The molecule has 5 heteroatoms. The van der Waals surface area contributed by atoms with Gasteiger partial charge in [0.1, 0.15) is 0 Å². The van der Waals surface area contributed by atoms with E-state index in [0.29, 0.717) is 0 Å². The van der Waals surface area contributed by atoms with Crippen molar-refractivity contribution in [2.24, 2.45) is 0 Å². The van der Waals surface area contributed by atoms with Crippen LogP contribution in [0, 0.1) is 0 Å². The zero-order valence-electron chi connectivity index (χ0n) is 12.5. The first-order valence-corrected chi connectivity index (χ1v) is 7.81. The Labute approximate surface area is 120 Å². The lowest BCUT2D eigenvalue weighted by Crippen LogP contribution is -2.26. The lowest BCUT2D eigenvalue weighted by atomic mass is 9.91. The van der Waals surface area contributed by atoms with Gasteiger partial charge in [-0.3, -0.25) is 0 Å². The summed E-state index contributed by atoms with van der Waals surface area (Å²) in [5, 5.41) is 4.41. The summed E-state index contributed by atoms with van der Waals surface area (Å²) in [6.07, 6.45) is 1.09. The second-order valence-corrected chi connectivity index (χ2v) is 7.06. The van der Waals surface area contributed by atoms with Crippen molar-refractivity contribution in [1.29, 1.82) is 0 Å². The van der Waals surface area contributed by atoms with E-state index in [-0.39, 0.29) is 5.41 Å². The highest BCUT2D eigenvalue weighted by Gasteiger charge is 2.25. The lowest BCUT2D eigenvalue weighted by Gasteiger charge is -2.19. The van der Waals surface area contributed by atoms with Crippen LogP contribution in [0.25, 0.3) is 0 Å². The van der Waals surface area contributed by atoms with Gasteiger partial charge in [0, 0.05) is 36.5 Å². The topological polar surface area (TPSA) is 37.4 Å². The summed E-state index contributed by atoms with van der Waals surface area (Å²) in [7, 11) is 1.99. The average molecular weight is 283 g/mol. The maximum Gasteiger partial charge on any atom is 0.185 e. The Morgan fingerprint density at radius 2 is 2.11 bits per heavy atom. The number of hydrogen-bond acceptors (Lipinski definition) is 5. The van der Waals surface area contributed by atoms with Crippen molar-refractivity contribution in [3.05, 3.63) is 10.6 Å². The number of nitrogens with zero attached hydrogens (tertiary/aromatic N) is 2. The summed E-state index contributed by atoms with van der Waals surface area (Å²) < 4.78 is 5.52. The molecule has 1 aliphatic rings. The van der Waals surface area contributed by atoms with Gasteiger partial charge in [-0.1, -0.05) is 20.8 Å². The van der Waals surface area contributed by atoms with Gasteiger partial charge >= 0.3 is 0 Å². The van der Waals surface area contributed by atoms with E-state index in [9.17, 15) is 0 Å². The molecule has 0 unspecified atom stereocenters. The lowest BCUT2D eigenvalue weighted by molar-refractivity contribution is 0.152. The van der Waals surface area contributed by atoms with Crippen LogP contribution in [-0.2, 0) is 16.7 Å². The third-order valence-electron chi connectivity index (χ3n) is 3.23. The van der Waals surface area contributed by atoms with Gasteiger partial charge in [-0.15, -0.1) is 11.3 Å². The van der Waals surface area contributed by atoms with Gasteiger partial charge in [0.25, 0.3) is 0 Å². The molecule has 0 spiro atoms. The number of ether oxygens (including phenoxy) is 1. The van der Waals surface area contributed by atoms with Gasteiger partial charge < -0.3 is 15.0 Å². The normalized spacial score (nSPS) is 17.6. The van der Waals surface area contributed by atoms with Crippen LogP contribution in [0.15, 0.2) is 0 Å². The standard InChI is InChI=1S/C14H25N3OS/c1-14(2,3)12-11(10-15-4)19-13(16-12)17-6-5-8-18-9-7-17/h15H,5-10H2,1-4H3. The maximum atomic E-state index is 5.52. The van der Waals surface area contributed by atoms with E-state index >= 15 is 0 Å². The highest BCUT2D eigenvalue weighted by atomic mass is 32.1. The van der Waals surface area contributed by atoms with E-state index < -0.39 is 0 Å². The Bertz CT molecular complexity index is 403. The van der Waals surface area contributed by atoms with E-state index in [1.54, 1.807) is 0 Å². The SMILES string of the molecule is CNCc1sc(N2CCCOCC2)nc1C(C)(C)C. The van der Waals surface area contributed by atoms with Crippen LogP contribution in [0.4, 0.5) is 5.13 Å². The summed E-state index contributed by atoms with van der Waals surface area (Å²) in [5.41, 5.74) is 1.33. The molecule has 19 heavy (non-hydrogen) atoms. The smallest absolute Gasteiger partial charge is 0.185 e. The summed E-state index contributed by atoms with van der Waals surface area (Å²) in [6.45, 7) is 11.3. The first-order chi connectivity index (χ1) is 9.02. The second kappa shape index (κ2) is 6.20. The second-order valence-electron chi connectivity index (χ2n) is 6.00. The summed E-state index contributed by atoms with van der Waals surface area (Å²) in [4.78, 5) is 8.64. The van der Waals surface area contributed by atoms with Gasteiger partial charge in [-0.2, -0.15) is 0 Å². The van der Waals surface area contributed by atoms with Crippen molar-refractivity contribution >= 4 is 16.5 Å². The molecule has 2 heterocycles. The van der Waals surface area contributed by atoms with Crippen LogP contribution >= 0.6 is 11.3 Å². The van der Waals surface area contributed by atoms with Crippen LogP contribution in [0.2, 0.25) is 0 Å². The monoisotopic (exact) mass is 283 g/mol. The molecule has 0 bridgehead atoms. The minimum Gasteiger partial charge on any atom is -0.380 e.